The van der Waals surface area contributed by atoms with E-state index in [4.69, 9.17) is 4.42 Å². The smallest absolute Gasteiger partial charge is 0.314 e. The zero-order valence-electron chi connectivity index (χ0n) is 18.5. The molecule has 2 heterocycles. The number of unbranched alkanes of at least 4 members (excludes halogenated alkanes) is 1. The van der Waals surface area contributed by atoms with E-state index >= 15 is 0 Å². The molecule has 7 nitrogen and oxygen atoms in total. The Morgan fingerprint density at radius 3 is 2.58 bits per heavy atom. The van der Waals surface area contributed by atoms with E-state index in [1.54, 1.807) is 24.3 Å². The van der Waals surface area contributed by atoms with E-state index in [0.29, 0.717) is 17.8 Å². The van der Waals surface area contributed by atoms with Gasteiger partial charge in [-0.2, -0.15) is 8.78 Å². The van der Waals surface area contributed by atoms with E-state index in [1.165, 1.54) is 10.6 Å². The molecule has 3 aromatic rings. The van der Waals surface area contributed by atoms with E-state index in [2.05, 4.69) is 28.5 Å². The number of anilines is 1. The van der Waals surface area contributed by atoms with Crippen LogP contribution >= 0.6 is 0 Å². The molecule has 176 valence electrons. The van der Waals surface area contributed by atoms with E-state index < -0.39 is 22.3 Å². The van der Waals surface area contributed by atoms with Gasteiger partial charge in [0.2, 0.25) is 15.9 Å². The number of aromatic nitrogens is 2. The summed E-state index contributed by atoms with van der Waals surface area (Å²) in [6, 6.07) is 12.8. The van der Waals surface area contributed by atoms with Crippen molar-refractivity contribution in [3.8, 4) is 11.5 Å². The molecule has 0 fully saturated rings. The molecule has 0 radical (unpaired) electrons. The van der Waals surface area contributed by atoms with Gasteiger partial charge in [0, 0.05) is 18.2 Å². The van der Waals surface area contributed by atoms with Gasteiger partial charge in [-0.15, -0.1) is 10.2 Å². The van der Waals surface area contributed by atoms with E-state index in [9.17, 15) is 17.2 Å². The van der Waals surface area contributed by atoms with Crippen molar-refractivity contribution in [3.05, 3.63) is 65.0 Å². The molecule has 4 rings (SSSR count). The average molecular weight is 477 g/mol. The number of nitrogens with one attached hydrogen (secondary N) is 1. The summed E-state index contributed by atoms with van der Waals surface area (Å²) < 4.78 is 57.3. The topological polar surface area (TPSA) is 88.3 Å². The van der Waals surface area contributed by atoms with Crippen molar-refractivity contribution < 1.29 is 21.6 Å². The van der Waals surface area contributed by atoms with Crippen molar-refractivity contribution in [3.63, 3.8) is 0 Å². The van der Waals surface area contributed by atoms with Gasteiger partial charge in [-0.1, -0.05) is 44.0 Å². The highest BCUT2D eigenvalue weighted by Crippen LogP contribution is 2.37. The number of benzene rings is 2. The minimum Gasteiger partial charge on any atom is -0.415 e. The lowest BCUT2D eigenvalue weighted by Crippen LogP contribution is -2.30. The van der Waals surface area contributed by atoms with Gasteiger partial charge in [-0.25, -0.2) is 8.42 Å². The molecule has 1 aliphatic heterocycles. The van der Waals surface area contributed by atoms with Gasteiger partial charge in [0.15, 0.2) is 0 Å². The summed E-state index contributed by atoms with van der Waals surface area (Å²) in [5, 5.41) is 10.5. The second kappa shape index (κ2) is 9.56. The molecule has 1 atom stereocenters. The van der Waals surface area contributed by atoms with Crippen LogP contribution in [-0.4, -0.2) is 24.9 Å². The highest BCUT2D eigenvalue weighted by atomic mass is 32.2. The molecule has 1 aromatic heterocycles. The summed E-state index contributed by atoms with van der Waals surface area (Å²) in [5.41, 5.74) is 4.04. The maximum Gasteiger partial charge on any atom is 0.314 e. The lowest BCUT2D eigenvalue weighted by molar-refractivity contribution is 0.116. The Labute approximate surface area is 191 Å². The summed E-state index contributed by atoms with van der Waals surface area (Å²) >= 11 is 0. The Morgan fingerprint density at radius 2 is 1.94 bits per heavy atom. The molecule has 0 saturated heterocycles. The van der Waals surface area contributed by atoms with Crippen LogP contribution in [0.15, 0.2) is 46.9 Å². The van der Waals surface area contributed by atoms with Crippen LogP contribution in [0.4, 0.5) is 14.5 Å². The minimum absolute atomic E-state index is 0.0121. The molecule has 33 heavy (non-hydrogen) atoms. The molecule has 2 aromatic carbocycles. The summed E-state index contributed by atoms with van der Waals surface area (Å²) in [6.07, 6.45) is 1.57. The van der Waals surface area contributed by atoms with E-state index in [1.807, 2.05) is 12.1 Å². The number of rotatable bonds is 9. The first kappa shape index (κ1) is 23.3. The maximum atomic E-state index is 12.7. The van der Waals surface area contributed by atoms with E-state index in [-0.39, 0.29) is 18.5 Å². The van der Waals surface area contributed by atoms with E-state index in [0.717, 1.165) is 36.0 Å². The lowest BCUT2D eigenvalue weighted by atomic mass is 9.99. The summed E-state index contributed by atoms with van der Waals surface area (Å²) in [7, 11) is -3.56. The Kier molecular flexibility index (Phi) is 6.76. The summed E-state index contributed by atoms with van der Waals surface area (Å²) in [4.78, 5) is 0. The molecule has 10 heteroatoms. The number of sulfonamides is 1. The third-order valence-corrected chi connectivity index (χ3v) is 6.88. The Bertz CT molecular complexity index is 1210. The first-order valence-electron chi connectivity index (χ1n) is 10.8. The highest BCUT2D eigenvalue weighted by molar-refractivity contribution is 7.92. The molecule has 1 aliphatic rings. The van der Waals surface area contributed by atoms with Crippen LogP contribution in [0.2, 0.25) is 0 Å². The SMILES string of the molecule is CCCCC1NCc2c1cccc2N(Cc1ccc(-c2nnc(C(F)F)o2)cc1)S(C)(=O)=O. The molecule has 1 N–H and O–H groups in total. The van der Waals surface area contributed by atoms with Crippen molar-refractivity contribution in [2.75, 3.05) is 10.6 Å². The zero-order valence-corrected chi connectivity index (χ0v) is 19.3. The van der Waals surface area contributed by atoms with Gasteiger partial charge in [0.25, 0.3) is 5.89 Å². The van der Waals surface area contributed by atoms with Crippen molar-refractivity contribution >= 4 is 15.7 Å². The summed E-state index contributed by atoms with van der Waals surface area (Å²) in [6.45, 7) is 2.91. The van der Waals surface area contributed by atoms with Gasteiger partial charge in [0.1, 0.15) is 0 Å². The van der Waals surface area contributed by atoms with Gasteiger partial charge >= 0.3 is 6.43 Å². The first-order chi connectivity index (χ1) is 15.8. The van der Waals surface area contributed by atoms with Crippen LogP contribution in [0.1, 0.15) is 61.2 Å². The number of alkyl halides is 2. The fourth-order valence-electron chi connectivity index (χ4n) is 4.08. The number of fused-ring (bicyclic) bond motifs is 1. The Balaban J connectivity index is 1.60. The van der Waals surface area contributed by atoms with Crippen LogP contribution < -0.4 is 9.62 Å². The molecule has 0 spiro atoms. The lowest BCUT2D eigenvalue weighted by Gasteiger charge is -2.25. The molecule has 0 bridgehead atoms. The fourth-order valence-corrected chi connectivity index (χ4v) is 5.00. The second-order valence-corrected chi connectivity index (χ2v) is 10.0. The fraction of sp³-hybridized carbons (Fsp3) is 0.391. The zero-order chi connectivity index (χ0) is 23.6. The number of hydrogen-bond donors (Lipinski definition) is 1. The Morgan fingerprint density at radius 1 is 1.18 bits per heavy atom. The largest absolute Gasteiger partial charge is 0.415 e. The molecule has 1 unspecified atom stereocenters. The predicted molar refractivity (Wildman–Crippen MR) is 121 cm³/mol. The third kappa shape index (κ3) is 5.06. The van der Waals surface area contributed by atoms with Gasteiger partial charge in [0.05, 0.1) is 18.5 Å². The molecular weight excluding hydrogens is 450 g/mol. The molecule has 0 saturated carbocycles. The van der Waals surface area contributed by atoms with Crippen LogP contribution in [0.5, 0.6) is 0 Å². The van der Waals surface area contributed by atoms with Crippen LogP contribution in [0, 0.1) is 0 Å². The van der Waals surface area contributed by atoms with Gasteiger partial charge in [-0.3, -0.25) is 4.31 Å². The summed E-state index contributed by atoms with van der Waals surface area (Å²) in [5.74, 6) is -0.747. The van der Waals surface area contributed by atoms with Gasteiger partial charge in [-0.05, 0) is 41.3 Å². The van der Waals surface area contributed by atoms with Crippen LogP contribution in [-0.2, 0) is 23.1 Å². The van der Waals surface area contributed by atoms with Crippen molar-refractivity contribution in [2.45, 2.75) is 51.7 Å². The van der Waals surface area contributed by atoms with Crippen LogP contribution in [0.25, 0.3) is 11.5 Å². The predicted octanol–water partition coefficient (Wildman–Crippen LogP) is 4.97. The first-order valence-corrected chi connectivity index (χ1v) is 12.7. The number of nitrogens with zero attached hydrogens (tertiary/aromatic N) is 3. The van der Waals surface area contributed by atoms with Gasteiger partial charge < -0.3 is 9.73 Å². The number of halogens is 2. The Hall–Kier alpha value is -2.85. The van der Waals surface area contributed by atoms with Crippen molar-refractivity contribution in [2.24, 2.45) is 0 Å². The minimum atomic E-state index is -3.56. The van der Waals surface area contributed by atoms with Crippen LogP contribution in [0.3, 0.4) is 0 Å². The highest BCUT2D eigenvalue weighted by Gasteiger charge is 2.28. The quantitative estimate of drug-likeness (QED) is 0.469. The molecule has 0 amide bonds. The average Bonchev–Trinajstić information content (AvgIpc) is 3.43. The number of hydrogen-bond acceptors (Lipinski definition) is 6. The second-order valence-electron chi connectivity index (χ2n) is 8.13. The molecule has 0 aliphatic carbocycles. The normalized spacial score (nSPS) is 15.7. The standard InChI is InChI=1S/C23H26F2N4O3S/c1-3-4-7-19-17-6-5-8-20(18(17)13-26-19)29(33(2,30)31)14-15-9-11-16(12-10-15)22-27-28-23(32-22)21(24)25/h5-6,8-12,19,21,26H,3-4,7,13-14H2,1-2H3. The van der Waals surface area contributed by atoms with Crippen molar-refractivity contribution in [1.29, 1.82) is 0 Å². The van der Waals surface area contributed by atoms with Crippen molar-refractivity contribution in [1.82, 2.24) is 15.5 Å². The third-order valence-electron chi connectivity index (χ3n) is 5.76. The molecular formula is C23H26F2N4O3S. The maximum absolute atomic E-state index is 12.7. The monoisotopic (exact) mass is 476 g/mol.